The van der Waals surface area contributed by atoms with Crippen LogP contribution in [0.25, 0.3) is 0 Å². The van der Waals surface area contributed by atoms with Crippen molar-refractivity contribution in [2.24, 2.45) is 0 Å². The number of piperazine rings is 1. The molecule has 1 fully saturated rings. The van der Waals surface area contributed by atoms with E-state index in [1.165, 1.54) is 0 Å². The lowest BCUT2D eigenvalue weighted by Gasteiger charge is -2.38. The van der Waals surface area contributed by atoms with Gasteiger partial charge in [0.1, 0.15) is 0 Å². The quantitative estimate of drug-likeness (QED) is 0.917. The van der Waals surface area contributed by atoms with Gasteiger partial charge in [-0.15, -0.1) is 0 Å². The summed E-state index contributed by atoms with van der Waals surface area (Å²) >= 11 is 0. The first-order valence-electron chi connectivity index (χ1n) is 7.49. The number of carbonyl (C=O) groups excluding carboxylic acids is 1. The van der Waals surface area contributed by atoms with Gasteiger partial charge in [0.25, 0.3) is 0 Å². The third kappa shape index (κ3) is 3.82. The molecule has 0 bridgehead atoms. The maximum atomic E-state index is 12.3. The van der Waals surface area contributed by atoms with E-state index in [-0.39, 0.29) is 12.1 Å². The summed E-state index contributed by atoms with van der Waals surface area (Å²) in [6, 6.07) is 5.86. The zero-order valence-electron chi connectivity index (χ0n) is 13.8. The number of hydrogen-bond acceptors (Lipinski definition) is 4. The van der Waals surface area contributed by atoms with E-state index in [0.29, 0.717) is 18.0 Å². The summed E-state index contributed by atoms with van der Waals surface area (Å²) in [4.78, 5) is 16.4. The van der Waals surface area contributed by atoms with Crippen molar-refractivity contribution in [2.45, 2.75) is 19.5 Å². The van der Waals surface area contributed by atoms with E-state index in [2.05, 4.69) is 24.2 Å². The number of benzene rings is 1. The molecule has 1 N–H and O–H groups in total. The Kier molecular flexibility index (Phi) is 5.49. The Balaban J connectivity index is 1.93. The molecule has 1 heterocycles. The molecule has 6 nitrogen and oxygen atoms in total. The predicted octanol–water partition coefficient (Wildman–Crippen LogP) is 1.55. The van der Waals surface area contributed by atoms with Gasteiger partial charge < -0.3 is 24.6 Å². The van der Waals surface area contributed by atoms with Gasteiger partial charge in [-0.3, -0.25) is 0 Å². The lowest BCUT2D eigenvalue weighted by molar-refractivity contribution is 0.116. The van der Waals surface area contributed by atoms with Crippen LogP contribution in [0, 0.1) is 0 Å². The van der Waals surface area contributed by atoms with Crippen molar-refractivity contribution in [1.82, 2.24) is 15.1 Å². The summed E-state index contributed by atoms with van der Waals surface area (Å²) in [5, 5.41) is 2.97. The van der Waals surface area contributed by atoms with Crippen LogP contribution >= 0.6 is 0 Å². The van der Waals surface area contributed by atoms with E-state index in [1.54, 1.807) is 14.2 Å². The number of amides is 2. The molecule has 0 saturated carbocycles. The van der Waals surface area contributed by atoms with Crippen LogP contribution in [0.2, 0.25) is 0 Å². The highest BCUT2D eigenvalue weighted by atomic mass is 16.5. The molecule has 0 spiro atoms. The Morgan fingerprint density at radius 2 is 2.00 bits per heavy atom. The fraction of sp³-hybridized carbons (Fsp3) is 0.562. The van der Waals surface area contributed by atoms with Crippen LogP contribution < -0.4 is 14.8 Å². The summed E-state index contributed by atoms with van der Waals surface area (Å²) in [7, 11) is 5.29. The van der Waals surface area contributed by atoms with Gasteiger partial charge in [0, 0.05) is 32.2 Å². The molecule has 6 heteroatoms. The lowest BCUT2D eigenvalue weighted by Crippen LogP contribution is -2.55. The Bertz CT molecular complexity index is 521. The highest BCUT2D eigenvalue weighted by Gasteiger charge is 2.25. The minimum Gasteiger partial charge on any atom is -0.493 e. The van der Waals surface area contributed by atoms with Crippen molar-refractivity contribution < 1.29 is 14.3 Å². The van der Waals surface area contributed by atoms with Crippen LogP contribution in [0.15, 0.2) is 18.2 Å². The second kappa shape index (κ2) is 7.35. The molecule has 1 aliphatic rings. The molecule has 1 aromatic rings. The number of ether oxygens (including phenoxy) is 2. The number of rotatable bonds is 4. The fourth-order valence-corrected chi connectivity index (χ4v) is 2.71. The average Bonchev–Trinajstić information content (AvgIpc) is 2.52. The van der Waals surface area contributed by atoms with Crippen LogP contribution in [0.4, 0.5) is 4.79 Å². The summed E-state index contributed by atoms with van der Waals surface area (Å²) in [5.74, 6) is 1.35. The zero-order valence-corrected chi connectivity index (χ0v) is 13.8. The number of urea groups is 1. The number of methoxy groups -OCH3 is 2. The first kappa shape index (κ1) is 16.4. The maximum Gasteiger partial charge on any atom is 0.317 e. The summed E-state index contributed by atoms with van der Waals surface area (Å²) in [5.41, 5.74) is 0.979. The molecule has 1 atom stereocenters. The van der Waals surface area contributed by atoms with Crippen LogP contribution in [-0.2, 0) is 6.54 Å². The Morgan fingerprint density at radius 1 is 1.27 bits per heavy atom. The molecule has 1 aliphatic heterocycles. The molecule has 0 radical (unpaired) electrons. The monoisotopic (exact) mass is 307 g/mol. The standard InChI is InChI=1S/C16H25N3O3/c1-12-11-18(2)7-8-19(12)16(20)17-10-13-5-6-14(21-3)15(9-13)22-4/h5-6,9,12H,7-8,10-11H2,1-4H3,(H,17,20)/t12-/m1/s1. The Hall–Kier alpha value is -1.95. The molecule has 122 valence electrons. The van der Waals surface area contributed by atoms with E-state index >= 15 is 0 Å². The summed E-state index contributed by atoms with van der Waals surface area (Å²) in [6.07, 6.45) is 0. The van der Waals surface area contributed by atoms with Gasteiger partial charge in [0.05, 0.1) is 14.2 Å². The van der Waals surface area contributed by atoms with Crippen molar-refractivity contribution in [3.8, 4) is 11.5 Å². The van der Waals surface area contributed by atoms with Crippen LogP contribution in [0.1, 0.15) is 12.5 Å². The minimum absolute atomic E-state index is 0.0182. The second-order valence-corrected chi connectivity index (χ2v) is 5.65. The molecule has 1 aromatic carbocycles. The number of nitrogens with one attached hydrogen (secondary N) is 1. The van der Waals surface area contributed by atoms with Crippen molar-refractivity contribution >= 4 is 6.03 Å². The van der Waals surface area contributed by atoms with Crippen LogP contribution in [-0.4, -0.2) is 62.8 Å². The van der Waals surface area contributed by atoms with Crippen LogP contribution in [0.5, 0.6) is 11.5 Å². The first-order chi connectivity index (χ1) is 10.5. The molecule has 2 rings (SSSR count). The largest absolute Gasteiger partial charge is 0.493 e. The number of hydrogen-bond donors (Lipinski definition) is 1. The zero-order chi connectivity index (χ0) is 16.1. The van der Waals surface area contributed by atoms with Crippen molar-refractivity contribution in [2.75, 3.05) is 40.9 Å². The van der Waals surface area contributed by atoms with Gasteiger partial charge in [-0.05, 0) is 31.7 Å². The highest BCUT2D eigenvalue weighted by Crippen LogP contribution is 2.27. The third-order valence-corrected chi connectivity index (χ3v) is 3.98. The summed E-state index contributed by atoms with van der Waals surface area (Å²) in [6.45, 7) is 5.12. The maximum absolute atomic E-state index is 12.3. The van der Waals surface area contributed by atoms with E-state index in [4.69, 9.17) is 9.47 Å². The molecular weight excluding hydrogens is 282 g/mol. The number of likely N-dealkylation sites (N-methyl/N-ethyl adjacent to an activating group) is 1. The normalized spacial score (nSPS) is 18.9. The molecular formula is C16H25N3O3. The number of nitrogens with zero attached hydrogens (tertiary/aromatic N) is 2. The van der Waals surface area contributed by atoms with Crippen molar-refractivity contribution in [3.63, 3.8) is 0 Å². The topological polar surface area (TPSA) is 54.0 Å². The van der Waals surface area contributed by atoms with E-state index < -0.39 is 0 Å². The van der Waals surface area contributed by atoms with Gasteiger partial charge >= 0.3 is 6.03 Å². The minimum atomic E-state index is -0.0182. The Labute approximate surface area is 132 Å². The predicted molar refractivity (Wildman–Crippen MR) is 85.4 cm³/mol. The summed E-state index contributed by atoms with van der Waals surface area (Å²) < 4.78 is 10.5. The second-order valence-electron chi connectivity index (χ2n) is 5.65. The molecule has 22 heavy (non-hydrogen) atoms. The molecule has 2 amide bonds. The molecule has 1 saturated heterocycles. The first-order valence-corrected chi connectivity index (χ1v) is 7.49. The smallest absolute Gasteiger partial charge is 0.317 e. The molecule has 0 unspecified atom stereocenters. The SMILES string of the molecule is COc1ccc(CNC(=O)N2CCN(C)C[C@H]2C)cc1OC. The van der Waals surface area contributed by atoms with Crippen LogP contribution in [0.3, 0.4) is 0 Å². The lowest BCUT2D eigenvalue weighted by atomic mass is 10.2. The van der Waals surface area contributed by atoms with Gasteiger partial charge in [0.2, 0.25) is 0 Å². The van der Waals surface area contributed by atoms with Gasteiger partial charge in [-0.25, -0.2) is 4.79 Å². The van der Waals surface area contributed by atoms with Gasteiger partial charge in [-0.2, -0.15) is 0 Å². The highest BCUT2D eigenvalue weighted by molar-refractivity contribution is 5.74. The third-order valence-electron chi connectivity index (χ3n) is 3.98. The van der Waals surface area contributed by atoms with Gasteiger partial charge in [0.15, 0.2) is 11.5 Å². The van der Waals surface area contributed by atoms with Gasteiger partial charge in [-0.1, -0.05) is 6.07 Å². The van der Waals surface area contributed by atoms with E-state index in [9.17, 15) is 4.79 Å². The van der Waals surface area contributed by atoms with E-state index in [0.717, 1.165) is 25.2 Å². The number of carbonyl (C=O) groups is 1. The molecule has 0 aliphatic carbocycles. The van der Waals surface area contributed by atoms with Crippen molar-refractivity contribution in [1.29, 1.82) is 0 Å². The average molecular weight is 307 g/mol. The van der Waals surface area contributed by atoms with Crippen molar-refractivity contribution in [3.05, 3.63) is 23.8 Å². The van der Waals surface area contributed by atoms with E-state index in [1.807, 2.05) is 23.1 Å². The fourth-order valence-electron chi connectivity index (χ4n) is 2.71. The Morgan fingerprint density at radius 3 is 2.64 bits per heavy atom. The molecule has 0 aromatic heterocycles.